The first kappa shape index (κ1) is 17.8. The van der Waals surface area contributed by atoms with Gasteiger partial charge in [0.15, 0.2) is 5.56 Å². The van der Waals surface area contributed by atoms with E-state index in [1.54, 1.807) is 30.1 Å². The Kier molecular flexibility index (Phi) is 4.56. The van der Waals surface area contributed by atoms with Crippen LogP contribution in [0.25, 0.3) is 0 Å². The van der Waals surface area contributed by atoms with Crippen molar-refractivity contribution in [1.29, 1.82) is 5.26 Å². The molecule has 0 saturated heterocycles. The monoisotopic (exact) mass is 379 g/mol. The van der Waals surface area contributed by atoms with Crippen LogP contribution in [0.5, 0.6) is 0 Å². The van der Waals surface area contributed by atoms with Gasteiger partial charge in [-0.15, -0.1) is 0 Å². The Bertz CT molecular complexity index is 1040. The number of halogens is 3. The van der Waals surface area contributed by atoms with E-state index >= 15 is 0 Å². The second kappa shape index (κ2) is 6.68. The molecule has 0 unspecified atom stereocenters. The van der Waals surface area contributed by atoms with E-state index < -0.39 is 17.3 Å². The number of nitriles is 1. The molecule has 10 heteroatoms. The van der Waals surface area contributed by atoms with Crippen molar-refractivity contribution in [2.45, 2.75) is 12.7 Å². The molecule has 2 aromatic heterocycles. The van der Waals surface area contributed by atoms with Gasteiger partial charge in [0, 0.05) is 13.2 Å². The number of alkyl halides is 3. The summed E-state index contributed by atoms with van der Waals surface area (Å²) in [6, 6.07) is 8.37. The van der Waals surface area contributed by atoms with Crippen molar-refractivity contribution >= 4 is 22.2 Å². The van der Waals surface area contributed by atoms with E-state index in [2.05, 4.69) is 10.4 Å². The third-order valence-corrected chi connectivity index (χ3v) is 4.54. The first-order valence-electron chi connectivity index (χ1n) is 7.35. The molecule has 0 aliphatic rings. The molecule has 0 spiro atoms. The molecule has 1 aromatic carbocycles. The molecule has 134 valence electrons. The van der Waals surface area contributed by atoms with Crippen LogP contribution in [-0.2, 0) is 19.8 Å². The first-order valence-corrected chi connectivity index (χ1v) is 8.13. The lowest BCUT2D eigenvalue weighted by Crippen LogP contribution is -2.16. The maximum absolute atomic E-state index is 13.1. The number of rotatable bonds is 4. The number of nitrogens with zero attached hydrogens (tertiary/aromatic N) is 4. The maximum Gasteiger partial charge on any atom is 0.418 e. The van der Waals surface area contributed by atoms with E-state index in [4.69, 9.17) is 0 Å². The van der Waals surface area contributed by atoms with Crippen LogP contribution in [0.4, 0.5) is 23.9 Å². The summed E-state index contributed by atoms with van der Waals surface area (Å²) in [7, 11) is 1.72. The highest BCUT2D eigenvalue weighted by atomic mass is 32.1. The minimum absolute atomic E-state index is 0.0603. The Labute approximate surface area is 149 Å². The minimum Gasteiger partial charge on any atom is -0.344 e. The Morgan fingerprint density at radius 2 is 2.04 bits per heavy atom. The molecule has 0 aliphatic carbocycles. The van der Waals surface area contributed by atoms with Crippen molar-refractivity contribution in [3.05, 3.63) is 63.7 Å². The smallest absolute Gasteiger partial charge is 0.344 e. The molecule has 0 atom stereocenters. The fourth-order valence-corrected chi connectivity index (χ4v) is 3.33. The largest absolute Gasteiger partial charge is 0.418 e. The number of aromatic nitrogens is 3. The van der Waals surface area contributed by atoms with Gasteiger partial charge in [-0.25, -0.2) is 0 Å². The van der Waals surface area contributed by atoms with Gasteiger partial charge in [0.2, 0.25) is 0 Å². The van der Waals surface area contributed by atoms with Crippen LogP contribution in [0.3, 0.4) is 0 Å². The van der Waals surface area contributed by atoms with E-state index in [0.29, 0.717) is 5.69 Å². The normalized spacial score (nSPS) is 11.3. The molecule has 1 N–H and O–H groups in total. The second-order valence-electron chi connectivity index (χ2n) is 5.40. The molecule has 26 heavy (non-hydrogen) atoms. The van der Waals surface area contributed by atoms with Crippen molar-refractivity contribution in [3.63, 3.8) is 0 Å². The van der Waals surface area contributed by atoms with Crippen LogP contribution >= 0.6 is 11.5 Å². The zero-order valence-corrected chi connectivity index (χ0v) is 14.2. The van der Waals surface area contributed by atoms with Crippen molar-refractivity contribution in [3.8, 4) is 6.07 Å². The molecule has 0 amide bonds. The zero-order chi connectivity index (χ0) is 18.9. The maximum atomic E-state index is 13.1. The van der Waals surface area contributed by atoms with Gasteiger partial charge in [-0.1, -0.05) is 12.1 Å². The molecule has 0 bridgehead atoms. The van der Waals surface area contributed by atoms with Crippen molar-refractivity contribution < 1.29 is 13.2 Å². The summed E-state index contributed by atoms with van der Waals surface area (Å²) in [5.41, 5.74) is -1.30. The van der Waals surface area contributed by atoms with E-state index in [9.17, 15) is 23.2 Å². The minimum atomic E-state index is -4.56. The van der Waals surface area contributed by atoms with Crippen molar-refractivity contribution in [2.24, 2.45) is 7.05 Å². The summed E-state index contributed by atoms with van der Waals surface area (Å²) in [5, 5.41) is 16.0. The molecular formula is C16H12F3N5OS. The van der Waals surface area contributed by atoms with Gasteiger partial charge in [-0.3, -0.25) is 13.4 Å². The lowest BCUT2D eigenvalue weighted by Gasteiger charge is -2.13. The van der Waals surface area contributed by atoms with E-state index in [0.717, 1.165) is 17.6 Å². The molecule has 3 rings (SSSR count). The Morgan fingerprint density at radius 1 is 1.31 bits per heavy atom. The number of anilines is 2. The summed E-state index contributed by atoms with van der Waals surface area (Å²) in [4.78, 5) is 12.4. The van der Waals surface area contributed by atoms with Gasteiger partial charge in [-0.05, 0) is 29.7 Å². The molecule has 0 saturated carbocycles. The Balaban J connectivity index is 1.98. The van der Waals surface area contributed by atoms with E-state index in [-0.39, 0.29) is 22.8 Å². The molecule has 6 nitrogen and oxygen atoms in total. The van der Waals surface area contributed by atoms with Gasteiger partial charge >= 0.3 is 6.18 Å². The van der Waals surface area contributed by atoms with Crippen LogP contribution in [0.2, 0.25) is 0 Å². The molecule has 0 fully saturated rings. The van der Waals surface area contributed by atoms with Gasteiger partial charge in [0.25, 0.3) is 5.56 Å². The van der Waals surface area contributed by atoms with Gasteiger partial charge < -0.3 is 5.32 Å². The topological polar surface area (TPSA) is 75.6 Å². The number of hydrogen-bond acceptors (Lipinski definition) is 5. The standard InChI is InChI=1S/C16H12F3N5OS/c1-23-7-6-10(22-23)9-24-15(25)11(8-20)14(26-24)21-13-5-3-2-4-12(13)16(17,18)19/h2-7,21H,9H2,1H3. The lowest BCUT2D eigenvalue weighted by molar-refractivity contribution is -0.136. The zero-order valence-electron chi connectivity index (χ0n) is 13.4. The van der Waals surface area contributed by atoms with E-state index in [1.165, 1.54) is 22.2 Å². The van der Waals surface area contributed by atoms with Crippen LogP contribution in [0.1, 0.15) is 16.8 Å². The number of aryl methyl sites for hydroxylation is 1. The van der Waals surface area contributed by atoms with Crippen LogP contribution < -0.4 is 10.9 Å². The second-order valence-corrected chi connectivity index (χ2v) is 6.43. The summed E-state index contributed by atoms with van der Waals surface area (Å²) in [6.45, 7) is 0.127. The summed E-state index contributed by atoms with van der Waals surface area (Å²) in [6.07, 6.45) is -2.85. The molecule has 0 aliphatic heterocycles. The third-order valence-electron chi connectivity index (χ3n) is 3.54. The highest BCUT2D eigenvalue weighted by Crippen LogP contribution is 2.36. The Hall–Kier alpha value is -3.06. The first-order chi connectivity index (χ1) is 12.3. The van der Waals surface area contributed by atoms with Crippen LogP contribution in [-0.4, -0.2) is 13.7 Å². The summed E-state index contributed by atoms with van der Waals surface area (Å²) in [5.74, 6) is 0. The summed E-state index contributed by atoms with van der Waals surface area (Å²) >= 11 is 0.883. The van der Waals surface area contributed by atoms with Gasteiger partial charge in [0.05, 0.1) is 23.5 Å². The third kappa shape index (κ3) is 3.48. The Morgan fingerprint density at radius 3 is 2.65 bits per heavy atom. The quantitative estimate of drug-likeness (QED) is 0.755. The predicted octanol–water partition coefficient (Wildman–Crippen LogP) is 3.33. The number of nitrogens with one attached hydrogen (secondary N) is 1. The fraction of sp³-hybridized carbons (Fsp3) is 0.188. The number of hydrogen-bond donors (Lipinski definition) is 1. The highest BCUT2D eigenvalue weighted by Gasteiger charge is 2.33. The van der Waals surface area contributed by atoms with Crippen molar-refractivity contribution in [2.75, 3.05) is 5.32 Å². The van der Waals surface area contributed by atoms with E-state index in [1.807, 2.05) is 0 Å². The average molecular weight is 379 g/mol. The fourth-order valence-electron chi connectivity index (χ4n) is 2.36. The van der Waals surface area contributed by atoms with Gasteiger partial charge in [-0.2, -0.15) is 23.5 Å². The summed E-state index contributed by atoms with van der Waals surface area (Å²) < 4.78 is 42.2. The molecule has 3 aromatic rings. The average Bonchev–Trinajstić information content (AvgIpc) is 3.11. The SMILES string of the molecule is Cn1ccc(Cn2sc(Nc3ccccc3C(F)(F)F)c(C#N)c2=O)n1. The predicted molar refractivity (Wildman–Crippen MR) is 90.3 cm³/mol. The molecule has 2 heterocycles. The molecular weight excluding hydrogens is 367 g/mol. The van der Waals surface area contributed by atoms with Crippen LogP contribution in [0.15, 0.2) is 41.3 Å². The highest BCUT2D eigenvalue weighted by molar-refractivity contribution is 7.11. The molecule has 0 radical (unpaired) electrons. The lowest BCUT2D eigenvalue weighted by atomic mass is 10.1. The number of para-hydroxylation sites is 1. The van der Waals surface area contributed by atoms with Gasteiger partial charge in [0.1, 0.15) is 11.1 Å². The van der Waals surface area contributed by atoms with Crippen LogP contribution in [0, 0.1) is 11.3 Å². The number of benzene rings is 1. The van der Waals surface area contributed by atoms with Crippen molar-refractivity contribution in [1.82, 2.24) is 13.7 Å².